The Balaban J connectivity index is 2.00. The van der Waals surface area contributed by atoms with Crippen LogP contribution in [0.5, 0.6) is 5.75 Å². The third-order valence-electron chi connectivity index (χ3n) is 4.65. The van der Waals surface area contributed by atoms with Gasteiger partial charge in [-0.25, -0.2) is 4.79 Å². The van der Waals surface area contributed by atoms with E-state index < -0.39 is 5.97 Å². The number of ether oxygens (including phenoxy) is 2. The number of rotatable bonds is 7. The second kappa shape index (κ2) is 9.59. The van der Waals surface area contributed by atoms with E-state index in [0.29, 0.717) is 28.5 Å². The minimum absolute atomic E-state index is 0.293. The molecule has 30 heavy (non-hydrogen) atoms. The van der Waals surface area contributed by atoms with Gasteiger partial charge in [0.15, 0.2) is 0 Å². The molecule has 2 aromatic carbocycles. The maximum atomic E-state index is 12.9. The van der Waals surface area contributed by atoms with Gasteiger partial charge >= 0.3 is 5.97 Å². The molecule has 0 atom stereocenters. The molecule has 0 radical (unpaired) electrons. The maximum Gasteiger partial charge on any atom is 0.341 e. The summed E-state index contributed by atoms with van der Waals surface area (Å²) in [6.07, 6.45) is 0.724. The number of methoxy groups -OCH3 is 1. The number of esters is 1. The molecule has 1 heterocycles. The number of amides is 1. The average Bonchev–Trinajstić information content (AvgIpc) is 3.08. The van der Waals surface area contributed by atoms with E-state index >= 15 is 0 Å². The van der Waals surface area contributed by atoms with Crippen LogP contribution in [0.4, 0.5) is 5.00 Å². The highest BCUT2D eigenvalue weighted by atomic mass is 32.1. The van der Waals surface area contributed by atoms with Gasteiger partial charge in [0, 0.05) is 16.0 Å². The van der Waals surface area contributed by atoms with Crippen LogP contribution in [0.1, 0.15) is 44.5 Å². The number of hydrogen-bond acceptors (Lipinski definition) is 5. The van der Waals surface area contributed by atoms with E-state index in [-0.39, 0.29) is 5.91 Å². The lowest BCUT2D eigenvalue weighted by Crippen LogP contribution is -2.15. The summed E-state index contributed by atoms with van der Waals surface area (Å²) < 4.78 is 10.6. The van der Waals surface area contributed by atoms with Crippen LogP contribution in [0.3, 0.4) is 0 Å². The lowest BCUT2D eigenvalue weighted by molar-refractivity contribution is 0.0507. The molecule has 0 unspecified atom stereocenters. The number of aryl methyl sites for hydroxylation is 2. The van der Waals surface area contributed by atoms with Crippen molar-refractivity contribution >= 4 is 28.2 Å². The van der Waals surface area contributed by atoms with Crippen molar-refractivity contribution in [2.24, 2.45) is 0 Å². The summed E-state index contributed by atoms with van der Waals surface area (Å²) in [6, 6.07) is 14.8. The summed E-state index contributed by atoms with van der Waals surface area (Å²) >= 11 is 1.37. The van der Waals surface area contributed by atoms with Gasteiger partial charge in [-0.3, -0.25) is 4.79 Å². The SMILES string of the molecule is CCCOC(=O)c1c(NC(=O)c2ccc(OC)cc2)sc(C)c1-c1ccc(C)cc1. The molecule has 6 heteroatoms. The molecule has 5 nitrogen and oxygen atoms in total. The van der Waals surface area contributed by atoms with Gasteiger partial charge in [-0.15, -0.1) is 11.3 Å². The molecule has 156 valence electrons. The van der Waals surface area contributed by atoms with Gasteiger partial charge in [0.1, 0.15) is 16.3 Å². The summed E-state index contributed by atoms with van der Waals surface area (Å²) in [5.74, 6) is -0.0512. The largest absolute Gasteiger partial charge is 0.497 e. The zero-order valence-corrected chi connectivity index (χ0v) is 18.4. The van der Waals surface area contributed by atoms with Crippen molar-refractivity contribution < 1.29 is 19.1 Å². The number of carbonyl (C=O) groups is 2. The van der Waals surface area contributed by atoms with E-state index in [9.17, 15) is 9.59 Å². The molecule has 1 aromatic heterocycles. The van der Waals surface area contributed by atoms with E-state index in [1.807, 2.05) is 45.0 Å². The van der Waals surface area contributed by atoms with Gasteiger partial charge in [-0.05, 0) is 50.1 Å². The second-order valence-electron chi connectivity index (χ2n) is 6.92. The third kappa shape index (κ3) is 4.71. The van der Waals surface area contributed by atoms with Gasteiger partial charge in [0.05, 0.1) is 13.7 Å². The van der Waals surface area contributed by atoms with Crippen LogP contribution in [-0.2, 0) is 4.74 Å². The van der Waals surface area contributed by atoms with Crippen molar-refractivity contribution in [2.75, 3.05) is 19.0 Å². The minimum atomic E-state index is -0.429. The number of benzene rings is 2. The Kier molecular flexibility index (Phi) is 6.90. The first-order valence-electron chi connectivity index (χ1n) is 9.77. The van der Waals surface area contributed by atoms with Gasteiger partial charge in [0.2, 0.25) is 0 Å². The van der Waals surface area contributed by atoms with Crippen LogP contribution in [0, 0.1) is 13.8 Å². The van der Waals surface area contributed by atoms with Gasteiger partial charge in [0.25, 0.3) is 5.91 Å². The number of thiophene rings is 1. The molecule has 0 aliphatic rings. The van der Waals surface area contributed by atoms with Crippen molar-refractivity contribution in [1.29, 1.82) is 0 Å². The Morgan fingerprint density at radius 1 is 1.00 bits per heavy atom. The van der Waals surface area contributed by atoms with E-state index in [0.717, 1.165) is 28.0 Å². The highest BCUT2D eigenvalue weighted by Crippen LogP contribution is 2.40. The molecule has 0 spiro atoms. The Morgan fingerprint density at radius 3 is 2.27 bits per heavy atom. The van der Waals surface area contributed by atoms with E-state index in [2.05, 4.69) is 5.32 Å². The Morgan fingerprint density at radius 2 is 1.67 bits per heavy atom. The molecule has 0 bridgehead atoms. The first kappa shape index (κ1) is 21.6. The molecule has 0 saturated heterocycles. The number of carbonyl (C=O) groups excluding carboxylic acids is 2. The van der Waals surface area contributed by atoms with E-state index in [1.165, 1.54) is 11.3 Å². The molecule has 0 fully saturated rings. The van der Waals surface area contributed by atoms with Crippen molar-refractivity contribution in [3.05, 3.63) is 70.1 Å². The Bertz CT molecular complexity index is 1040. The van der Waals surface area contributed by atoms with Gasteiger partial charge in [-0.2, -0.15) is 0 Å². The average molecular weight is 424 g/mol. The second-order valence-corrected chi connectivity index (χ2v) is 8.15. The third-order valence-corrected chi connectivity index (χ3v) is 5.67. The van der Waals surface area contributed by atoms with Crippen LogP contribution in [0.25, 0.3) is 11.1 Å². The fourth-order valence-electron chi connectivity index (χ4n) is 3.08. The number of anilines is 1. The molecule has 0 aliphatic heterocycles. The van der Waals surface area contributed by atoms with Crippen LogP contribution in [0.15, 0.2) is 48.5 Å². The fourth-order valence-corrected chi connectivity index (χ4v) is 4.14. The predicted molar refractivity (Wildman–Crippen MR) is 121 cm³/mol. The monoisotopic (exact) mass is 423 g/mol. The minimum Gasteiger partial charge on any atom is -0.497 e. The van der Waals surface area contributed by atoms with Gasteiger partial charge in [-0.1, -0.05) is 36.8 Å². The molecular formula is C24H25NO4S. The first-order chi connectivity index (χ1) is 14.4. The normalized spacial score (nSPS) is 10.5. The standard InChI is InChI=1S/C24H25NO4S/c1-5-14-29-24(27)21-20(17-8-6-15(2)7-9-17)16(3)30-23(21)25-22(26)18-10-12-19(28-4)13-11-18/h6-13H,5,14H2,1-4H3,(H,25,26). The quantitative estimate of drug-likeness (QED) is 0.484. The molecule has 0 aliphatic carbocycles. The smallest absolute Gasteiger partial charge is 0.341 e. The van der Waals surface area contributed by atoms with Crippen molar-refractivity contribution in [2.45, 2.75) is 27.2 Å². The van der Waals surface area contributed by atoms with Crippen LogP contribution < -0.4 is 10.1 Å². The van der Waals surface area contributed by atoms with E-state index in [1.54, 1.807) is 31.4 Å². The first-order valence-corrected chi connectivity index (χ1v) is 10.6. The summed E-state index contributed by atoms with van der Waals surface area (Å²) in [6.45, 7) is 6.23. The highest BCUT2D eigenvalue weighted by Gasteiger charge is 2.26. The summed E-state index contributed by atoms with van der Waals surface area (Å²) in [5.41, 5.74) is 3.73. The van der Waals surface area contributed by atoms with Gasteiger partial charge < -0.3 is 14.8 Å². The summed E-state index contributed by atoms with van der Waals surface area (Å²) in [7, 11) is 1.57. The summed E-state index contributed by atoms with van der Waals surface area (Å²) in [4.78, 5) is 26.7. The van der Waals surface area contributed by atoms with Crippen LogP contribution >= 0.6 is 11.3 Å². The van der Waals surface area contributed by atoms with Crippen molar-refractivity contribution in [1.82, 2.24) is 0 Å². The van der Waals surface area contributed by atoms with Crippen LogP contribution in [-0.4, -0.2) is 25.6 Å². The topological polar surface area (TPSA) is 64.6 Å². The number of nitrogens with one attached hydrogen (secondary N) is 1. The molecule has 3 aromatic rings. The Hall–Kier alpha value is -3.12. The van der Waals surface area contributed by atoms with E-state index in [4.69, 9.17) is 9.47 Å². The zero-order chi connectivity index (χ0) is 21.7. The van der Waals surface area contributed by atoms with Crippen molar-refractivity contribution in [3.8, 4) is 16.9 Å². The summed E-state index contributed by atoms with van der Waals surface area (Å²) in [5, 5.41) is 3.39. The lowest BCUT2D eigenvalue weighted by Gasteiger charge is -2.10. The Labute approximate surface area is 180 Å². The molecule has 1 N–H and O–H groups in total. The number of hydrogen-bond donors (Lipinski definition) is 1. The zero-order valence-electron chi connectivity index (χ0n) is 17.6. The molecule has 1 amide bonds. The molecular weight excluding hydrogens is 398 g/mol. The fraction of sp³-hybridized carbons (Fsp3) is 0.250. The lowest BCUT2D eigenvalue weighted by atomic mass is 10.0. The van der Waals surface area contributed by atoms with Crippen molar-refractivity contribution in [3.63, 3.8) is 0 Å². The van der Waals surface area contributed by atoms with Crippen LogP contribution in [0.2, 0.25) is 0 Å². The highest BCUT2D eigenvalue weighted by molar-refractivity contribution is 7.17. The predicted octanol–water partition coefficient (Wildman–Crippen LogP) is 5.86. The molecule has 0 saturated carbocycles. The maximum absolute atomic E-state index is 12.9. The molecule has 3 rings (SSSR count).